The highest BCUT2D eigenvalue weighted by molar-refractivity contribution is 7.89. The van der Waals surface area contributed by atoms with Crippen LogP contribution in [0.3, 0.4) is 0 Å². The monoisotopic (exact) mass is 659 g/mol. The number of ketones is 2. The fourth-order valence-corrected chi connectivity index (χ4v) is 7.19. The Bertz CT molecular complexity index is 1700. The van der Waals surface area contributed by atoms with E-state index in [0.717, 1.165) is 18.4 Å². The molecule has 0 bridgehead atoms. The molecule has 1 heterocycles. The number of aliphatic hydroxyl groups excluding tert-OH is 1. The van der Waals surface area contributed by atoms with Gasteiger partial charge in [-0.3, -0.25) is 9.59 Å². The molecule has 0 fully saturated rings. The number of benzene rings is 3. The van der Waals surface area contributed by atoms with Crippen LogP contribution in [0.25, 0.3) is 11.3 Å². The topological polar surface area (TPSA) is 114 Å². The summed E-state index contributed by atoms with van der Waals surface area (Å²) in [6, 6.07) is 24.3. The predicted octanol–water partition coefficient (Wildman–Crippen LogP) is 7.47. The van der Waals surface area contributed by atoms with Crippen LogP contribution in [0.15, 0.2) is 101 Å². The summed E-state index contributed by atoms with van der Waals surface area (Å²) in [5.74, 6) is 0.138. The van der Waals surface area contributed by atoms with E-state index in [1.807, 2.05) is 51.1 Å². The summed E-state index contributed by atoms with van der Waals surface area (Å²) in [5.41, 5.74) is 2.31. The molecule has 1 N–H and O–H groups in total. The van der Waals surface area contributed by atoms with Crippen molar-refractivity contribution in [1.82, 2.24) is 4.31 Å². The Morgan fingerprint density at radius 1 is 0.894 bits per heavy atom. The molecule has 2 atom stereocenters. The Labute approximate surface area is 278 Å². The molecule has 0 radical (unpaired) electrons. The van der Waals surface area contributed by atoms with Crippen molar-refractivity contribution >= 4 is 21.6 Å². The highest BCUT2D eigenvalue weighted by Gasteiger charge is 2.32. The molecule has 47 heavy (non-hydrogen) atoms. The Hall–Kier alpha value is -4.05. The summed E-state index contributed by atoms with van der Waals surface area (Å²) in [7, 11) is -2.46. The summed E-state index contributed by atoms with van der Waals surface area (Å²) in [5, 5.41) is 11.7. The molecule has 0 aliphatic rings. The number of carbonyl (C=O) groups excluding carboxylic acids is 2. The molecule has 3 aromatic carbocycles. The van der Waals surface area contributed by atoms with Crippen LogP contribution in [0.4, 0.5) is 0 Å². The van der Waals surface area contributed by atoms with Crippen molar-refractivity contribution in [3.05, 3.63) is 108 Å². The van der Waals surface area contributed by atoms with Crippen molar-refractivity contribution in [3.63, 3.8) is 0 Å². The quantitative estimate of drug-likeness (QED) is 0.110. The molecule has 0 aliphatic carbocycles. The second-order valence-electron chi connectivity index (χ2n) is 12.3. The number of unbranched alkanes of at least 4 members (excludes halogenated alkanes) is 1. The van der Waals surface area contributed by atoms with Crippen LogP contribution in [-0.2, 0) is 16.4 Å². The van der Waals surface area contributed by atoms with Gasteiger partial charge in [0, 0.05) is 42.6 Å². The molecule has 0 unspecified atom stereocenters. The first-order valence-corrected chi connectivity index (χ1v) is 17.6. The van der Waals surface area contributed by atoms with E-state index in [0.29, 0.717) is 41.0 Å². The molecular formula is C38H45NO7S. The first-order valence-electron chi connectivity index (χ1n) is 16.1. The van der Waals surface area contributed by atoms with Gasteiger partial charge in [-0.05, 0) is 84.8 Å². The standard InChI is InChI=1S/C38H45NO7S/c1-5-6-13-35(40)30-21-31(23-32(22-30)38-14-10-19-46-38)36(41)24-29(20-28-11-8-7-9-12-28)37(42)26-39(25-27(2)3)47(43,44)34-17-15-33(45-4)16-18-34/h7-12,14-19,21-23,27,29,37,42H,5-6,13,20,24-26H2,1-4H3/t29-,37-/m1/s1. The van der Waals surface area contributed by atoms with E-state index in [4.69, 9.17) is 9.15 Å². The van der Waals surface area contributed by atoms with Gasteiger partial charge < -0.3 is 14.3 Å². The fraction of sp³-hybridized carbons (Fsp3) is 0.368. The summed E-state index contributed by atoms with van der Waals surface area (Å²) >= 11 is 0. The SMILES string of the molecule is CCCCC(=O)c1cc(C(=O)C[C@@H](Cc2ccccc2)[C@H](O)CN(CC(C)C)S(=O)(=O)c2ccc(OC)cc2)cc(-c2ccco2)c1. The van der Waals surface area contributed by atoms with Crippen LogP contribution in [0, 0.1) is 11.8 Å². The van der Waals surface area contributed by atoms with Crippen LogP contribution in [0.5, 0.6) is 5.75 Å². The molecule has 9 heteroatoms. The molecule has 1 aromatic heterocycles. The molecular weight excluding hydrogens is 614 g/mol. The zero-order chi connectivity index (χ0) is 34.0. The first-order chi connectivity index (χ1) is 22.5. The van der Waals surface area contributed by atoms with Crippen molar-refractivity contribution < 1.29 is 32.3 Å². The van der Waals surface area contributed by atoms with Gasteiger partial charge in [0.1, 0.15) is 11.5 Å². The molecule has 0 spiro atoms. The second-order valence-corrected chi connectivity index (χ2v) is 14.3. The first kappa shape index (κ1) is 35.8. The van der Waals surface area contributed by atoms with E-state index in [1.54, 1.807) is 42.5 Å². The number of Topliss-reactive ketones (excluding diaryl/α,β-unsaturated/α-hetero) is 2. The minimum absolute atomic E-state index is 0.0163. The number of ether oxygens (including phenoxy) is 1. The maximum absolute atomic E-state index is 14.0. The lowest BCUT2D eigenvalue weighted by molar-refractivity contribution is 0.0689. The van der Waals surface area contributed by atoms with Crippen molar-refractivity contribution in [2.45, 2.75) is 63.9 Å². The molecule has 8 nitrogen and oxygen atoms in total. The zero-order valence-corrected chi connectivity index (χ0v) is 28.4. The van der Waals surface area contributed by atoms with Gasteiger partial charge in [-0.1, -0.05) is 57.5 Å². The minimum Gasteiger partial charge on any atom is -0.497 e. The number of rotatable bonds is 18. The minimum atomic E-state index is -3.97. The Kier molecular flexibility index (Phi) is 12.7. The lowest BCUT2D eigenvalue weighted by Gasteiger charge is -2.30. The second kappa shape index (κ2) is 16.7. The molecule has 4 rings (SSSR count). The van der Waals surface area contributed by atoms with Gasteiger partial charge in [0.25, 0.3) is 0 Å². The van der Waals surface area contributed by atoms with E-state index in [1.165, 1.54) is 29.8 Å². The zero-order valence-electron chi connectivity index (χ0n) is 27.6. The molecule has 0 saturated heterocycles. The summed E-state index contributed by atoms with van der Waals surface area (Å²) in [6.07, 6.45) is 2.66. The number of methoxy groups -OCH3 is 1. The maximum Gasteiger partial charge on any atom is 0.243 e. The average molecular weight is 660 g/mol. The molecule has 0 amide bonds. The Morgan fingerprint density at radius 3 is 2.17 bits per heavy atom. The van der Waals surface area contributed by atoms with Gasteiger partial charge >= 0.3 is 0 Å². The van der Waals surface area contributed by atoms with Crippen LogP contribution >= 0.6 is 0 Å². The predicted molar refractivity (Wildman–Crippen MR) is 183 cm³/mol. The molecule has 250 valence electrons. The van der Waals surface area contributed by atoms with Gasteiger partial charge in [0.15, 0.2) is 11.6 Å². The van der Waals surface area contributed by atoms with Crippen LogP contribution in [0.2, 0.25) is 0 Å². The van der Waals surface area contributed by atoms with Gasteiger partial charge in [0.2, 0.25) is 10.0 Å². The maximum atomic E-state index is 14.0. The smallest absolute Gasteiger partial charge is 0.243 e. The third kappa shape index (κ3) is 9.73. The number of nitrogens with zero attached hydrogens (tertiary/aromatic N) is 1. The highest BCUT2D eigenvalue weighted by atomic mass is 32.2. The number of aliphatic hydroxyl groups is 1. The summed E-state index contributed by atoms with van der Waals surface area (Å²) < 4.78 is 39.7. The van der Waals surface area contributed by atoms with Crippen molar-refractivity contribution in [2.75, 3.05) is 20.2 Å². The van der Waals surface area contributed by atoms with E-state index < -0.39 is 22.0 Å². The van der Waals surface area contributed by atoms with E-state index >= 15 is 0 Å². The van der Waals surface area contributed by atoms with E-state index in [2.05, 4.69) is 0 Å². The van der Waals surface area contributed by atoms with Gasteiger partial charge in [-0.2, -0.15) is 4.31 Å². The van der Waals surface area contributed by atoms with Crippen LogP contribution in [0.1, 0.15) is 72.7 Å². The normalized spacial score (nSPS) is 13.1. The van der Waals surface area contributed by atoms with Gasteiger partial charge in [0.05, 0.1) is 24.4 Å². The molecule has 0 saturated carbocycles. The van der Waals surface area contributed by atoms with Crippen LogP contribution in [-0.4, -0.2) is 55.7 Å². The number of sulfonamides is 1. The van der Waals surface area contributed by atoms with Crippen molar-refractivity contribution in [3.8, 4) is 17.1 Å². The lowest BCUT2D eigenvalue weighted by atomic mass is 9.86. The summed E-state index contributed by atoms with van der Waals surface area (Å²) in [4.78, 5) is 27.2. The largest absolute Gasteiger partial charge is 0.497 e. The van der Waals surface area contributed by atoms with Crippen LogP contribution < -0.4 is 4.74 Å². The number of carbonyl (C=O) groups is 2. The number of hydrogen-bond donors (Lipinski definition) is 1. The third-order valence-electron chi connectivity index (χ3n) is 8.13. The summed E-state index contributed by atoms with van der Waals surface area (Å²) in [6.45, 7) is 5.85. The third-order valence-corrected chi connectivity index (χ3v) is 9.98. The Morgan fingerprint density at radius 2 is 1.57 bits per heavy atom. The number of hydrogen-bond acceptors (Lipinski definition) is 7. The van der Waals surface area contributed by atoms with Crippen molar-refractivity contribution in [2.24, 2.45) is 11.8 Å². The fourth-order valence-electron chi connectivity index (χ4n) is 5.57. The van der Waals surface area contributed by atoms with Gasteiger partial charge in [-0.15, -0.1) is 0 Å². The van der Waals surface area contributed by atoms with E-state index in [9.17, 15) is 23.1 Å². The molecule has 0 aliphatic heterocycles. The molecule has 4 aromatic rings. The highest BCUT2D eigenvalue weighted by Crippen LogP contribution is 2.28. The Balaban J connectivity index is 1.66. The number of furan rings is 1. The lowest BCUT2D eigenvalue weighted by Crippen LogP contribution is -2.43. The average Bonchev–Trinajstić information content (AvgIpc) is 3.62. The van der Waals surface area contributed by atoms with Crippen molar-refractivity contribution in [1.29, 1.82) is 0 Å². The van der Waals surface area contributed by atoms with Gasteiger partial charge in [-0.25, -0.2) is 8.42 Å². The van der Waals surface area contributed by atoms with E-state index in [-0.39, 0.29) is 41.9 Å².